The second-order valence-electron chi connectivity index (χ2n) is 2.96. The van der Waals surface area contributed by atoms with E-state index in [1.165, 1.54) is 14.2 Å². The number of carboxylic acid groups (broad SMARTS) is 1. The molecule has 1 atom stereocenters. The SMILES string of the molecule is COc1cc(F)cc(OC)c1C(O)C(=O)O. The molecule has 0 spiro atoms. The minimum atomic E-state index is -1.83. The Morgan fingerprint density at radius 2 is 1.75 bits per heavy atom. The Kier molecular flexibility index (Phi) is 3.68. The van der Waals surface area contributed by atoms with Gasteiger partial charge in [0.1, 0.15) is 17.3 Å². The number of halogens is 1. The molecule has 0 fully saturated rings. The van der Waals surface area contributed by atoms with Crippen LogP contribution in [0.3, 0.4) is 0 Å². The fraction of sp³-hybridized carbons (Fsp3) is 0.300. The van der Waals surface area contributed by atoms with E-state index in [9.17, 15) is 14.3 Å². The first-order valence-electron chi connectivity index (χ1n) is 4.33. The van der Waals surface area contributed by atoms with Crippen LogP contribution in [-0.4, -0.2) is 30.4 Å². The van der Waals surface area contributed by atoms with Gasteiger partial charge in [0.2, 0.25) is 0 Å². The number of aliphatic carboxylic acids is 1. The number of hydrogen-bond donors (Lipinski definition) is 2. The van der Waals surface area contributed by atoms with Crippen LogP contribution in [0, 0.1) is 5.82 Å². The first-order valence-corrected chi connectivity index (χ1v) is 4.33. The highest BCUT2D eigenvalue weighted by atomic mass is 19.1. The van der Waals surface area contributed by atoms with Crippen molar-refractivity contribution in [1.82, 2.24) is 0 Å². The normalized spacial score (nSPS) is 12.0. The summed E-state index contributed by atoms with van der Waals surface area (Å²) in [5.74, 6) is -2.27. The standard InChI is InChI=1S/C10H11FO5/c1-15-6-3-5(11)4-7(16-2)8(6)9(12)10(13)14/h3-4,9,12H,1-2H3,(H,13,14). The zero-order valence-corrected chi connectivity index (χ0v) is 8.73. The molecule has 1 aromatic carbocycles. The van der Waals surface area contributed by atoms with Crippen LogP contribution in [0.1, 0.15) is 11.7 Å². The van der Waals surface area contributed by atoms with Gasteiger partial charge in [0.15, 0.2) is 6.10 Å². The molecule has 5 nitrogen and oxygen atoms in total. The van der Waals surface area contributed by atoms with E-state index in [0.29, 0.717) is 0 Å². The quantitative estimate of drug-likeness (QED) is 0.805. The Labute approximate surface area is 91.0 Å². The summed E-state index contributed by atoms with van der Waals surface area (Å²) in [7, 11) is 2.48. The number of aliphatic hydroxyl groups excluding tert-OH is 1. The Bertz CT molecular complexity index is 379. The van der Waals surface area contributed by atoms with Crippen molar-refractivity contribution in [2.24, 2.45) is 0 Å². The smallest absolute Gasteiger partial charge is 0.337 e. The molecule has 0 saturated carbocycles. The average molecular weight is 230 g/mol. The lowest BCUT2D eigenvalue weighted by atomic mass is 10.1. The maximum absolute atomic E-state index is 13.1. The van der Waals surface area contributed by atoms with Gasteiger partial charge in [-0.15, -0.1) is 0 Å². The largest absolute Gasteiger partial charge is 0.496 e. The molecule has 0 aliphatic heterocycles. The third kappa shape index (κ3) is 2.22. The molecule has 0 aliphatic carbocycles. The van der Waals surface area contributed by atoms with E-state index in [4.69, 9.17) is 14.6 Å². The summed E-state index contributed by atoms with van der Waals surface area (Å²) in [4.78, 5) is 10.7. The maximum Gasteiger partial charge on any atom is 0.337 e. The van der Waals surface area contributed by atoms with Crippen molar-refractivity contribution in [3.63, 3.8) is 0 Å². The van der Waals surface area contributed by atoms with Gasteiger partial charge in [0, 0.05) is 12.1 Å². The van der Waals surface area contributed by atoms with Gasteiger partial charge in [-0.25, -0.2) is 9.18 Å². The van der Waals surface area contributed by atoms with E-state index in [0.717, 1.165) is 12.1 Å². The summed E-state index contributed by atoms with van der Waals surface area (Å²) in [6.45, 7) is 0. The highest BCUT2D eigenvalue weighted by molar-refractivity contribution is 5.76. The molecule has 1 unspecified atom stereocenters. The maximum atomic E-state index is 13.1. The van der Waals surface area contributed by atoms with E-state index in [1.807, 2.05) is 0 Å². The van der Waals surface area contributed by atoms with Gasteiger partial charge in [-0.2, -0.15) is 0 Å². The molecule has 1 aromatic rings. The fourth-order valence-electron chi connectivity index (χ4n) is 1.30. The van der Waals surface area contributed by atoms with Gasteiger partial charge < -0.3 is 19.7 Å². The number of carbonyl (C=O) groups is 1. The van der Waals surface area contributed by atoms with Crippen LogP contribution in [0.5, 0.6) is 11.5 Å². The second-order valence-corrected chi connectivity index (χ2v) is 2.96. The van der Waals surface area contributed by atoms with Crippen molar-refractivity contribution in [2.45, 2.75) is 6.10 Å². The molecule has 0 saturated heterocycles. The molecule has 0 bridgehead atoms. The summed E-state index contributed by atoms with van der Waals surface area (Å²) in [6, 6.07) is 1.95. The van der Waals surface area contributed by atoms with Crippen LogP contribution in [-0.2, 0) is 4.79 Å². The van der Waals surface area contributed by atoms with Crippen LogP contribution < -0.4 is 9.47 Å². The third-order valence-electron chi connectivity index (χ3n) is 2.02. The van der Waals surface area contributed by atoms with E-state index in [1.54, 1.807) is 0 Å². The highest BCUT2D eigenvalue weighted by Gasteiger charge is 2.25. The van der Waals surface area contributed by atoms with E-state index in [2.05, 4.69) is 0 Å². The molecule has 16 heavy (non-hydrogen) atoms. The summed E-state index contributed by atoms with van der Waals surface area (Å²) in [6.07, 6.45) is -1.83. The minimum absolute atomic E-state index is 0.0771. The topological polar surface area (TPSA) is 76.0 Å². The number of aliphatic hydroxyl groups is 1. The van der Waals surface area contributed by atoms with E-state index >= 15 is 0 Å². The van der Waals surface area contributed by atoms with Crippen molar-refractivity contribution in [3.8, 4) is 11.5 Å². The van der Waals surface area contributed by atoms with Crippen molar-refractivity contribution >= 4 is 5.97 Å². The van der Waals surface area contributed by atoms with Gasteiger partial charge in [0.05, 0.1) is 19.8 Å². The van der Waals surface area contributed by atoms with Crippen LogP contribution in [0.4, 0.5) is 4.39 Å². The molecular formula is C10H11FO5. The molecule has 2 N–H and O–H groups in total. The van der Waals surface area contributed by atoms with Gasteiger partial charge in [-0.1, -0.05) is 0 Å². The second kappa shape index (κ2) is 4.80. The van der Waals surface area contributed by atoms with Gasteiger partial charge in [-0.3, -0.25) is 0 Å². The zero-order valence-electron chi connectivity index (χ0n) is 8.73. The van der Waals surface area contributed by atoms with Crippen molar-refractivity contribution in [2.75, 3.05) is 14.2 Å². The van der Waals surface area contributed by atoms with E-state index < -0.39 is 17.9 Å². The highest BCUT2D eigenvalue weighted by Crippen LogP contribution is 2.35. The zero-order chi connectivity index (χ0) is 12.3. The van der Waals surface area contributed by atoms with Gasteiger partial charge >= 0.3 is 5.97 Å². The van der Waals surface area contributed by atoms with Crippen LogP contribution >= 0.6 is 0 Å². The van der Waals surface area contributed by atoms with Crippen LogP contribution in [0.25, 0.3) is 0 Å². The number of rotatable bonds is 4. The first-order chi connectivity index (χ1) is 7.51. The summed E-state index contributed by atoms with van der Waals surface area (Å²) in [5, 5.41) is 18.1. The fourth-order valence-corrected chi connectivity index (χ4v) is 1.30. The van der Waals surface area contributed by atoms with Crippen LogP contribution in [0.2, 0.25) is 0 Å². The molecular weight excluding hydrogens is 219 g/mol. The molecule has 6 heteroatoms. The molecule has 88 valence electrons. The summed E-state index contributed by atoms with van der Waals surface area (Å²) >= 11 is 0. The number of methoxy groups -OCH3 is 2. The summed E-state index contributed by atoms with van der Waals surface area (Å²) in [5.41, 5.74) is -0.112. The third-order valence-corrected chi connectivity index (χ3v) is 2.02. The predicted molar refractivity (Wildman–Crippen MR) is 52.1 cm³/mol. The Morgan fingerprint density at radius 3 is 2.06 bits per heavy atom. The Balaban J connectivity index is 3.38. The lowest BCUT2D eigenvalue weighted by Crippen LogP contribution is -2.13. The molecule has 0 amide bonds. The Hall–Kier alpha value is -1.82. The van der Waals surface area contributed by atoms with Crippen molar-refractivity contribution in [1.29, 1.82) is 0 Å². The Morgan fingerprint density at radius 1 is 1.31 bits per heavy atom. The van der Waals surface area contributed by atoms with Crippen molar-refractivity contribution < 1.29 is 28.9 Å². The average Bonchev–Trinajstić information content (AvgIpc) is 2.26. The van der Waals surface area contributed by atoms with E-state index in [-0.39, 0.29) is 17.1 Å². The number of carboxylic acids is 1. The number of benzene rings is 1. The first kappa shape index (κ1) is 12.3. The van der Waals surface area contributed by atoms with Crippen LogP contribution in [0.15, 0.2) is 12.1 Å². The number of hydrogen-bond acceptors (Lipinski definition) is 4. The molecule has 0 heterocycles. The lowest BCUT2D eigenvalue weighted by Gasteiger charge is -2.15. The van der Waals surface area contributed by atoms with Gasteiger partial charge in [0.25, 0.3) is 0 Å². The minimum Gasteiger partial charge on any atom is -0.496 e. The molecule has 0 aliphatic rings. The summed E-state index contributed by atoms with van der Waals surface area (Å²) < 4.78 is 22.7. The monoisotopic (exact) mass is 230 g/mol. The van der Waals surface area contributed by atoms with Gasteiger partial charge in [-0.05, 0) is 0 Å². The molecule has 1 rings (SSSR count). The predicted octanol–water partition coefficient (Wildman–Crippen LogP) is 0.961. The molecule has 0 aromatic heterocycles. The lowest BCUT2D eigenvalue weighted by molar-refractivity contribution is -0.147. The van der Waals surface area contributed by atoms with Crippen molar-refractivity contribution in [3.05, 3.63) is 23.5 Å². The molecule has 0 radical (unpaired) electrons. The number of ether oxygens (including phenoxy) is 2.